The van der Waals surface area contributed by atoms with Gasteiger partial charge in [-0.3, -0.25) is 18.9 Å². The number of benzene rings is 2. The molecular weight excluding hydrogens is 568 g/mol. The fraction of sp³-hybridized carbons (Fsp3) is 0.345. The smallest absolute Gasteiger partial charge is 0.333 e. The number of aromatic nitrogens is 6. The van der Waals surface area contributed by atoms with Gasteiger partial charge in [0, 0.05) is 18.8 Å². The summed E-state index contributed by atoms with van der Waals surface area (Å²) in [5.41, 5.74) is 2.68. The molecule has 0 unspecified atom stereocenters. The van der Waals surface area contributed by atoms with E-state index in [0.29, 0.717) is 37.1 Å². The van der Waals surface area contributed by atoms with Gasteiger partial charge >= 0.3 is 5.69 Å². The number of nitrogens with one attached hydrogen (secondary N) is 1. The van der Waals surface area contributed by atoms with Crippen LogP contribution in [0.5, 0.6) is 0 Å². The van der Waals surface area contributed by atoms with Gasteiger partial charge in [0.1, 0.15) is 11.2 Å². The maximum atomic E-state index is 13.8. The van der Waals surface area contributed by atoms with Crippen LogP contribution >= 0.6 is 11.6 Å². The van der Waals surface area contributed by atoms with Crippen molar-refractivity contribution in [2.75, 3.05) is 6.61 Å². The number of aliphatic hydroxyl groups excluding tert-OH is 1. The molecule has 5 aromatic rings. The third-order valence-corrected chi connectivity index (χ3v) is 8.07. The molecule has 6 rings (SSSR count). The lowest BCUT2D eigenvalue weighted by Crippen LogP contribution is -2.39. The molecule has 1 amide bonds. The van der Waals surface area contributed by atoms with Gasteiger partial charge in [-0.1, -0.05) is 28.9 Å². The summed E-state index contributed by atoms with van der Waals surface area (Å²) in [6.07, 6.45) is 1.04. The summed E-state index contributed by atoms with van der Waals surface area (Å²) in [5.74, 6) is -0.420. The first kappa shape index (κ1) is 28.0. The number of rotatable bonds is 8. The van der Waals surface area contributed by atoms with Gasteiger partial charge in [0.05, 0.1) is 46.0 Å². The molecule has 1 aliphatic carbocycles. The highest BCUT2D eigenvalue weighted by Crippen LogP contribution is 2.29. The Hall–Kier alpha value is -4.16. The number of nitrogens with zero attached hydrogens (tertiary/aromatic N) is 6. The summed E-state index contributed by atoms with van der Waals surface area (Å²) in [6.45, 7) is 0.783. The van der Waals surface area contributed by atoms with Crippen LogP contribution in [0.15, 0.2) is 59.5 Å². The van der Waals surface area contributed by atoms with E-state index in [-0.39, 0.29) is 34.8 Å². The van der Waals surface area contributed by atoms with E-state index in [4.69, 9.17) is 11.6 Å². The third kappa shape index (κ3) is 5.27. The van der Waals surface area contributed by atoms with Crippen molar-refractivity contribution in [2.45, 2.75) is 51.2 Å². The van der Waals surface area contributed by atoms with Crippen LogP contribution in [-0.4, -0.2) is 52.8 Å². The number of hydrogen-bond acceptors (Lipinski definition) is 6. The molecule has 1 aliphatic rings. The Morgan fingerprint density at radius 2 is 1.83 bits per heavy atom. The van der Waals surface area contributed by atoms with Crippen LogP contribution in [0.2, 0.25) is 5.02 Å². The van der Waals surface area contributed by atoms with Gasteiger partial charge < -0.3 is 10.4 Å². The first-order valence-corrected chi connectivity index (χ1v) is 14.1. The van der Waals surface area contributed by atoms with E-state index in [1.54, 1.807) is 13.8 Å². The van der Waals surface area contributed by atoms with Crippen LogP contribution in [0.1, 0.15) is 48.2 Å². The average Bonchev–Trinajstić information content (AvgIpc) is 3.51. The molecule has 2 N–H and O–H groups in total. The van der Waals surface area contributed by atoms with Crippen molar-refractivity contribution in [1.29, 1.82) is 0 Å². The van der Waals surface area contributed by atoms with Gasteiger partial charge in [0.25, 0.3) is 12.3 Å². The van der Waals surface area contributed by atoms with Crippen molar-refractivity contribution in [2.24, 2.45) is 5.92 Å². The third-order valence-electron chi connectivity index (χ3n) is 7.86. The van der Waals surface area contributed by atoms with Crippen molar-refractivity contribution < 1.29 is 18.7 Å². The number of para-hydroxylation sites is 2. The summed E-state index contributed by atoms with van der Waals surface area (Å²) >= 11 is 5.91. The fourth-order valence-corrected chi connectivity index (χ4v) is 5.97. The standard InChI is InChI=1S/C29H28ClF2N7O3/c30-18-13-21(26(27(31)32)33-15-18)28(41)34-19-7-5-17(6-8-19)16-37-24-3-1-2-4-25(24)39(29(37)42)20-9-10-23-22(14-20)35-36-38(23)11-12-40/h1-4,9-10,13-15,17,19,27,40H,5-8,11-12,16H2,(H,34,41). The van der Waals surface area contributed by atoms with E-state index in [2.05, 4.69) is 20.6 Å². The Balaban J connectivity index is 1.19. The molecule has 0 radical (unpaired) electrons. The molecule has 0 atom stereocenters. The summed E-state index contributed by atoms with van der Waals surface area (Å²) in [7, 11) is 0. The van der Waals surface area contributed by atoms with E-state index < -0.39 is 18.0 Å². The second kappa shape index (κ2) is 11.6. The lowest BCUT2D eigenvalue weighted by Gasteiger charge is -2.29. The van der Waals surface area contributed by atoms with Crippen molar-refractivity contribution in [3.8, 4) is 5.69 Å². The van der Waals surface area contributed by atoms with Gasteiger partial charge in [-0.25, -0.2) is 18.3 Å². The second-order valence-electron chi connectivity index (χ2n) is 10.5. The zero-order valence-corrected chi connectivity index (χ0v) is 23.2. The van der Waals surface area contributed by atoms with Gasteiger partial charge in [0.15, 0.2) is 0 Å². The molecule has 13 heteroatoms. The molecule has 218 valence electrons. The fourth-order valence-electron chi connectivity index (χ4n) is 5.81. The molecule has 10 nitrogen and oxygen atoms in total. The number of hydrogen-bond donors (Lipinski definition) is 2. The van der Waals surface area contributed by atoms with E-state index in [1.807, 2.05) is 42.5 Å². The maximum Gasteiger partial charge on any atom is 0.333 e. The number of carbonyl (C=O) groups is 1. The van der Waals surface area contributed by atoms with Gasteiger partial charge in [-0.05, 0) is 68.0 Å². The Morgan fingerprint density at radius 3 is 2.57 bits per heavy atom. The number of carbonyl (C=O) groups excluding carboxylic acids is 1. The van der Waals surface area contributed by atoms with Crippen LogP contribution in [0.25, 0.3) is 27.8 Å². The van der Waals surface area contributed by atoms with E-state index in [0.717, 1.165) is 35.6 Å². The minimum Gasteiger partial charge on any atom is -0.394 e. The van der Waals surface area contributed by atoms with Crippen LogP contribution in [0, 0.1) is 5.92 Å². The molecule has 0 bridgehead atoms. The minimum absolute atomic E-state index is 0.0551. The van der Waals surface area contributed by atoms with E-state index >= 15 is 0 Å². The molecule has 42 heavy (non-hydrogen) atoms. The number of aliphatic hydroxyl groups is 1. The van der Waals surface area contributed by atoms with E-state index in [1.165, 1.54) is 6.07 Å². The van der Waals surface area contributed by atoms with Crippen molar-refractivity contribution in [3.05, 3.63) is 81.5 Å². The number of imidazole rings is 1. The number of amides is 1. The molecule has 0 aliphatic heterocycles. The minimum atomic E-state index is -2.89. The summed E-state index contributed by atoms with van der Waals surface area (Å²) in [5, 5.41) is 20.5. The van der Waals surface area contributed by atoms with Crippen LogP contribution in [-0.2, 0) is 13.1 Å². The monoisotopic (exact) mass is 595 g/mol. The lowest BCUT2D eigenvalue weighted by atomic mass is 9.85. The normalized spacial score (nSPS) is 17.4. The summed E-state index contributed by atoms with van der Waals surface area (Å²) in [4.78, 5) is 30.2. The predicted octanol–water partition coefficient (Wildman–Crippen LogP) is 4.50. The molecule has 2 aromatic carbocycles. The average molecular weight is 596 g/mol. The molecule has 3 aromatic heterocycles. The molecule has 1 fully saturated rings. The first-order valence-electron chi connectivity index (χ1n) is 13.7. The van der Waals surface area contributed by atoms with Crippen molar-refractivity contribution in [1.82, 2.24) is 34.4 Å². The molecular formula is C29H28ClF2N7O3. The van der Waals surface area contributed by atoms with Gasteiger partial charge in [-0.2, -0.15) is 0 Å². The molecule has 1 saturated carbocycles. The largest absolute Gasteiger partial charge is 0.394 e. The van der Waals surface area contributed by atoms with Crippen LogP contribution in [0.3, 0.4) is 0 Å². The molecule has 3 heterocycles. The van der Waals surface area contributed by atoms with Crippen LogP contribution < -0.4 is 11.0 Å². The van der Waals surface area contributed by atoms with Gasteiger partial charge in [0.2, 0.25) is 0 Å². The maximum absolute atomic E-state index is 13.8. The number of alkyl halides is 2. The highest BCUT2D eigenvalue weighted by atomic mass is 35.5. The van der Waals surface area contributed by atoms with Gasteiger partial charge in [-0.15, -0.1) is 5.10 Å². The SMILES string of the molecule is O=C(NC1CCC(Cn2c(=O)n(-c3ccc4c(c3)nnn4CCO)c3ccccc32)CC1)c1cc(Cl)cnc1C(F)F. The van der Waals surface area contributed by atoms with Crippen LogP contribution in [0.4, 0.5) is 8.78 Å². The second-order valence-corrected chi connectivity index (χ2v) is 10.9. The summed E-state index contributed by atoms with van der Waals surface area (Å²) < 4.78 is 31.8. The topological polar surface area (TPSA) is 120 Å². The quantitative estimate of drug-likeness (QED) is 0.272. The van der Waals surface area contributed by atoms with E-state index in [9.17, 15) is 23.5 Å². The van der Waals surface area contributed by atoms with Crippen molar-refractivity contribution >= 4 is 39.6 Å². The zero-order valence-electron chi connectivity index (χ0n) is 22.5. The first-order chi connectivity index (χ1) is 20.3. The molecule has 0 saturated heterocycles. The number of halogens is 3. The highest BCUT2D eigenvalue weighted by molar-refractivity contribution is 6.30. The Kier molecular flexibility index (Phi) is 7.74. The van der Waals surface area contributed by atoms with Crippen molar-refractivity contribution in [3.63, 3.8) is 0 Å². The number of fused-ring (bicyclic) bond motifs is 2. The Labute approximate surface area is 243 Å². The molecule has 0 spiro atoms. The summed E-state index contributed by atoms with van der Waals surface area (Å²) in [6, 6.07) is 14.2. The zero-order chi connectivity index (χ0) is 29.4. The highest BCUT2D eigenvalue weighted by Gasteiger charge is 2.27. The Morgan fingerprint density at radius 1 is 1.07 bits per heavy atom. The lowest BCUT2D eigenvalue weighted by molar-refractivity contribution is 0.0904. The predicted molar refractivity (Wildman–Crippen MR) is 153 cm³/mol. The Bertz CT molecular complexity index is 1830. The number of pyridine rings is 1.